The zero-order chi connectivity index (χ0) is 16.8. The summed E-state index contributed by atoms with van der Waals surface area (Å²) in [6, 6.07) is 11.2. The highest BCUT2D eigenvalue weighted by Crippen LogP contribution is 2.28. The van der Waals surface area contributed by atoms with Gasteiger partial charge in [0.2, 0.25) is 0 Å². The second kappa shape index (κ2) is 8.36. The average molecular weight is 443 g/mol. The molecule has 0 saturated heterocycles. The molecule has 0 aromatic heterocycles. The highest BCUT2D eigenvalue weighted by Gasteiger charge is 2.13. The molecule has 2 N–H and O–H groups in total. The van der Waals surface area contributed by atoms with Gasteiger partial charge in [-0.2, -0.15) is 0 Å². The minimum absolute atomic E-state index is 0.269. The number of aromatic carboxylic acids is 1. The van der Waals surface area contributed by atoms with Gasteiger partial charge in [0.1, 0.15) is 5.75 Å². The third-order valence-electron chi connectivity index (χ3n) is 3.17. The number of hydrogen-bond acceptors (Lipinski definition) is 3. The van der Waals surface area contributed by atoms with Crippen molar-refractivity contribution in [1.29, 1.82) is 0 Å². The molecule has 0 amide bonds. The first-order valence-corrected chi connectivity index (χ1v) is 8.71. The number of benzene rings is 2. The molecule has 0 radical (unpaired) electrons. The summed E-state index contributed by atoms with van der Waals surface area (Å²) in [7, 11) is 0. The molecule has 23 heavy (non-hydrogen) atoms. The number of carboxylic acids is 1. The van der Waals surface area contributed by atoms with Gasteiger partial charge >= 0.3 is 5.97 Å². The SMILES string of the molecule is Cc1cc(Br)c(NCCCOc2ccc(Br)cc2)c(C(=O)O)c1. The van der Waals surface area contributed by atoms with E-state index < -0.39 is 5.97 Å². The summed E-state index contributed by atoms with van der Waals surface area (Å²) in [5.74, 6) is -0.126. The maximum absolute atomic E-state index is 11.3. The van der Waals surface area contributed by atoms with Gasteiger partial charge in [0.05, 0.1) is 17.9 Å². The largest absolute Gasteiger partial charge is 0.494 e. The molecule has 0 saturated carbocycles. The van der Waals surface area contributed by atoms with Gasteiger partial charge in [-0.1, -0.05) is 15.9 Å². The van der Waals surface area contributed by atoms with E-state index >= 15 is 0 Å². The lowest BCUT2D eigenvalue weighted by Crippen LogP contribution is -2.11. The Balaban J connectivity index is 1.87. The second-order valence-electron chi connectivity index (χ2n) is 5.06. The van der Waals surface area contributed by atoms with Gasteiger partial charge in [-0.25, -0.2) is 4.79 Å². The lowest BCUT2D eigenvalue weighted by Gasteiger charge is -2.13. The number of rotatable bonds is 7. The molecule has 0 aliphatic carbocycles. The number of anilines is 1. The maximum Gasteiger partial charge on any atom is 0.337 e. The third-order valence-corrected chi connectivity index (χ3v) is 4.32. The lowest BCUT2D eigenvalue weighted by atomic mass is 10.1. The van der Waals surface area contributed by atoms with Crippen LogP contribution in [0.4, 0.5) is 5.69 Å². The van der Waals surface area contributed by atoms with Crippen LogP contribution >= 0.6 is 31.9 Å². The van der Waals surface area contributed by atoms with Crippen LogP contribution in [0.25, 0.3) is 0 Å². The van der Waals surface area contributed by atoms with Crippen LogP contribution in [-0.2, 0) is 0 Å². The van der Waals surface area contributed by atoms with Gasteiger partial charge in [-0.15, -0.1) is 0 Å². The number of nitrogens with one attached hydrogen (secondary N) is 1. The minimum atomic E-state index is -0.942. The first-order valence-electron chi connectivity index (χ1n) is 7.13. The number of halogens is 2. The molecule has 0 aliphatic heterocycles. The van der Waals surface area contributed by atoms with Gasteiger partial charge in [0.15, 0.2) is 0 Å². The Morgan fingerprint density at radius 1 is 1.22 bits per heavy atom. The standard InChI is InChI=1S/C17H17Br2NO3/c1-11-9-14(17(21)22)16(15(19)10-11)20-7-2-8-23-13-5-3-12(18)4-6-13/h3-6,9-10,20H,2,7-8H2,1H3,(H,21,22). The first-order chi connectivity index (χ1) is 11.0. The summed E-state index contributed by atoms with van der Waals surface area (Å²) in [5.41, 5.74) is 1.77. The predicted molar refractivity (Wildman–Crippen MR) is 98.6 cm³/mol. The molecule has 4 nitrogen and oxygen atoms in total. The van der Waals surface area contributed by atoms with E-state index in [-0.39, 0.29) is 5.56 Å². The smallest absolute Gasteiger partial charge is 0.337 e. The fraction of sp³-hybridized carbons (Fsp3) is 0.235. The predicted octanol–water partition coefficient (Wildman–Crippen LogP) is 5.10. The maximum atomic E-state index is 11.3. The van der Waals surface area contributed by atoms with Gasteiger partial charge in [-0.3, -0.25) is 0 Å². The van der Waals surface area contributed by atoms with E-state index in [1.165, 1.54) is 0 Å². The normalized spacial score (nSPS) is 10.4. The fourth-order valence-electron chi connectivity index (χ4n) is 2.10. The molecule has 0 fully saturated rings. The van der Waals surface area contributed by atoms with Crippen LogP contribution in [0.2, 0.25) is 0 Å². The Morgan fingerprint density at radius 2 is 1.91 bits per heavy atom. The molecule has 6 heteroatoms. The lowest BCUT2D eigenvalue weighted by molar-refractivity contribution is 0.0697. The zero-order valence-electron chi connectivity index (χ0n) is 12.6. The van der Waals surface area contributed by atoms with Crippen LogP contribution in [0.3, 0.4) is 0 Å². The van der Waals surface area contributed by atoms with Gasteiger partial charge in [0, 0.05) is 15.5 Å². The van der Waals surface area contributed by atoms with E-state index in [4.69, 9.17) is 4.74 Å². The Kier molecular flexibility index (Phi) is 6.47. The summed E-state index contributed by atoms with van der Waals surface area (Å²) in [6.07, 6.45) is 0.759. The Bertz CT molecular complexity index is 687. The van der Waals surface area contributed by atoms with E-state index in [1.54, 1.807) is 6.07 Å². The summed E-state index contributed by atoms with van der Waals surface area (Å²) in [5, 5.41) is 12.5. The molecular formula is C17H17Br2NO3. The molecule has 0 bridgehead atoms. The van der Waals surface area contributed by atoms with E-state index in [0.717, 1.165) is 26.7 Å². The fourth-order valence-corrected chi connectivity index (χ4v) is 3.08. The van der Waals surface area contributed by atoms with Crippen molar-refractivity contribution in [3.63, 3.8) is 0 Å². The first kappa shape index (κ1) is 17.8. The molecule has 122 valence electrons. The molecular weight excluding hydrogens is 426 g/mol. The van der Waals surface area contributed by atoms with Crippen molar-refractivity contribution in [2.45, 2.75) is 13.3 Å². The van der Waals surface area contributed by atoms with Crippen molar-refractivity contribution in [3.8, 4) is 5.75 Å². The van der Waals surface area contributed by atoms with Crippen LogP contribution in [0.5, 0.6) is 5.75 Å². The van der Waals surface area contributed by atoms with Crippen LogP contribution in [0.15, 0.2) is 45.3 Å². The molecule has 2 rings (SSSR count). The number of carbonyl (C=O) groups is 1. The quantitative estimate of drug-likeness (QED) is 0.585. The molecule has 0 spiro atoms. The van der Waals surface area contributed by atoms with Gasteiger partial charge in [0.25, 0.3) is 0 Å². The molecule has 0 unspecified atom stereocenters. The van der Waals surface area contributed by atoms with Crippen molar-refractivity contribution < 1.29 is 14.6 Å². The monoisotopic (exact) mass is 441 g/mol. The highest BCUT2D eigenvalue weighted by molar-refractivity contribution is 9.10. The molecule has 2 aromatic carbocycles. The van der Waals surface area contributed by atoms with Crippen LogP contribution in [0, 0.1) is 6.92 Å². The summed E-state index contributed by atoms with van der Waals surface area (Å²) < 4.78 is 7.40. The second-order valence-corrected chi connectivity index (χ2v) is 6.83. The molecule has 0 aliphatic rings. The topological polar surface area (TPSA) is 58.6 Å². The Hall–Kier alpha value is -1.53. The van der Waals surface area contributed by atoms with Gasteiger partial charge < -0.3 is 15.2 Å². The summed E-state index contributed by atoms with van der Waals surface area (Å²) in [4.78, 5) is 11.3. The van der Waals surface area contributed by atoms with Crippen molar-refractivity contribution in [1.82, 2.24) is 0 Å². The van der Waals surface area contributed by atoms with E-state index in [2.05, 4.69) is 37.2 Å². The van der Waals surface area contributed by atoms with Crippen molar-refractivity contribution in [2.75, 3.05) is 18.5 Å². The number of ether oxygens (including phenoxy) is 1. The summed E-state index contributed by atoms with van der Waals surface area (Å²) in [6.45, 7) is 3.05. The van der Waals surface area contributed by atoms with Crippen molar-refractivity contribution >= 4 is 43.5 Å². The zero-order valence-corrected chi connectivity index (χ0v) is 15.8. The Morgan fingerprint density at radius 3 is 2.57 bits per heavy atom. The van der Waals surface area contributed by atoms with Crippen molar-refractivity contribution in [3.05, 3.63) is 56.5 Å². The van der Waals surface area contributed by atoms with Crippen LogP contribution in [-0.4, -0.2) is 24.2 Å². The van der Waals surface area contributed by atoms with E-state index in [1.807, 2.05) is 37.3 Å². The number of hydrogen-bond donors (Lipinski definition) is 2. The highest BCUT2D eigenvalue weighted by atomic mass is 79.9. The summed E-state index contributed by atoms with van der Waals surface area (Å²) >= 11 is 6.79. The third kappa shape index (κ3) is 5.25. The molecule has 0 atom stereocenters. The molecule has 2 aromatic rings. The number of aryl methyl sites for hydroxylation is 1. The van der Waals surface area contributed by atoms with Crippen LogP contribution in [0.1, 0.15) is 22.3 Å². The van der Waals surface area contributed by atoms with E-state index in [0.29, 0.717) is 18.8 Å². The van der Waals surface area contributed by atoms with Gasteiger partial charge in [-0.05, 0) is 71.2 Å². The van der Waals surface area contributed by atoms with Crippen LogP contribution < -0.4 is 10.1 Å². The number of carboxylic acid groups (broad SMARTS) is 1. The molecule has 0 heterocycles. The van der Waals surface area contributed by atoms with Crippen molar-refractivity contribution in [2.24, 2.45) is 0 Å². The minimum Gasteiger partial charge on any atom is -0.494 e. The van der Waals surface area contributed by atoms with E-state index in [9.17, 15) is 9.90 Å². The Labute approximate surface area is 152 Å². The average Bonchev–Trinajstić information content (AvgIpc) is 2.50.